The molecule has 7 heteroatoms. The lowest BCUT2D eigenvalue weighted by molar-refractivity contribution is -0.130. The molecule has 3 rings (SSSR count). The zero-order valence-corrected chi connectivity index (χ0v) is 11.9. The molecule has 3 aliphatic rings. The van der Waals surface area contributed by atoms with Gasteiger partial charge in [0.1, 0.15) is 12.6 Å². The van der Waals surface area contributed by atoms with Gasteiger partial charge in [0.05, 0.1) is 13.2 Å². The number of nitrogens with zero attached hydrogens (tertiary/aromatic N) is 4. The van der Waals surface area contributed by atoms with E-state index in [1.54, 1.807) is 29.1 Å². The Bertz CT molecular complexity index is 542. The van der Waals surface area contributed by atoms with E-state index in [-0.39, 0.29) is 31.1 Å². The van der Waals surface area contributed by atoms with Crippen LogP contribution in [0.15, 0.2) is 36.8 Å². The molecule has 0 aliphatic carbocycles. The van der Waals surface area contributed by atoms with Gasteiger partial charge in [-0.25, -0.2) is 4.79 Å². The van der Waals surface area contributed by atoms with Gasteiger partial charge in [0.15, 0.2) is 0 Å². The molecule has 0 aromatic carbocycles. The van der Waals surface area contributed by atoms with Crippen molar-refractivity contribution in [2.45, 2.75) is 6.04 Å². The van der Waals surface area contributed by atoms with Crippen molar-refractivity contribution in [1.29, 1.82) is 0 Å². The minimum Gasteiger partial charge on any atom is -0.339 e. The lowest BCUT2D eigenvalue weighted by atomic mass is 10.1. The minimum atomic E-state index is -0.188. The van der Waals surface area contributed by atoms with Gasteiger partial charge < -0.3 is 14.7 Å². The molecule has 1 saturated heterocycles. The highest BCUT2D eigenvalue weighted by Gasteiger charge is 2.44. The van der Waals surface area contributed by atoms with Crippen molar-refractivity contribution >= 4 is 11.9 Å². The predicted molar refractivity (Wildman–Crippen MR) is 75.4 cm³/mol. The van der Waals surface area contributed by atoms with Crippen molar-refractivity contribution in [1.82, 2.24) is 19.8 Å². The van der Waals surface area contributed by atoms with Gasteiger partial charge in [0.2, 0.25) is 5.91 Å². The largest absolute Gasteiger partial charge is 0.345 e. The Kier molecular flexibility index (Phi) is 3.42. The van der Waals surface area contributed by atoms with Crippen LogP contribution in [-0.4, -0.2) is 71.0 Å². The highest BCUT2D eigenvalue weighted by Crippen LogP contribution is 2.29. The van der Waals surface area contributed by atoms with Crippen molar-refractivity contribution in [2.24, 2.45) is 0 Å². The zero-order valence-electron chi connectivity index (χ0n) is 11.9. The van der Waals surface area contributed by atoms with Crippen LogP contribution in [0.25, 0.3) is 0 Å². The summed E-state index contributed by atoms with van der Waals surface area (Å²) in [6.45, 7) is 5.27. The molecule has 0 N–H and O–H groups in total. The van der Waals surface area contributed by atoms with Crippen molar-refractivity contribution in [3.8, 4) is 0 Å². The van der Waals surface area contributed by atoms with Crippen LogP contribution in [0.5, 0.6) is 0 Å². The minimum absolute atomic E-state index is 0.0173. The lowest BCUT2D eigenvalue weighted by Crippen LogP contribution is -2.44. The highest BCUT2D eigenvalue weighted by atomic mass is 16.7. The quantitative estimate of drug-likeness (QED) is 0.701. The lowest BCUT2D eigenvalue weighted by Gasteiger charge is -2.34. The van der Waals surface area contributed by atoms with Crippen LogP contribution in [0.4, 0.5) is 4.79 Å². The molecule has 1 unspecified atom stereocenters. The van der Waals surface area contributed by atoms with Crippen molar-refractivity contribution < 1.29 is 14.4 Å². The van der Waals surface area contributed by atoms with E-state index in [1.807, 2.05) is 17.2 Å². The van der Waals surface area contributed by atoms with E-state index in [2.05, 4.69) is 6.58 Å². The number of carbonyl (C=O) groups is 2. The maximum Gasteiger partial charge on any atom is 0.345 e. The van der Waals surface area contributed by atoms with Crippen LogP contribution in [-0.2, 0) is 9.63 Å². The number of amides is 3. The Labute approximate surface area is 123 Å². The smallest absolute Gasteiger partial charge is 0.339 e. The van der Waals surface area contributed by atoms with E-state index < -0.39 is 0 Å². The van der Waals surface area contributed by atoms with Crippen LogP contribution in [0, 0.1) is 0 Å². The summed E-state index contributed by atoms with van der Waals surface area (Å²) in [5, 5.41) is 1.39. The monoisotopic (exact) mass is 290 g/mol. The second-order valence-electron chi connectivity index (χ2n) is 5.17. The van der Waals surface area contributed by atoms with Gasteiger partial charge in [-0.3, -0.25) is 9.63 Å². The molecule has 3 amide bonds. The average molecular weight is 290 g/mol. The molecule has 0 aromatic rings. The summed E-state index contributed by atoms with van der Waals surface area (Å²) in [5.74, 6) is 0.0173. The first kappa shape index (κ1) is 13.7. The standard InChI is InChI=1S/C14H18N4O3/c1-3-8-21-18-12-9-17(14(18)20)5-4-11(12)16-7-6-15(2)13(19)10-16/h3-4,6-7,12H,1,5,8-10H2,2H3. The van der Waals surface area contributed by atoms with E-state index in [4.69, 9.17) is 4.84 Å². The van der Waals surface area contributed by atoms with E-state index in [1.165, 1.54) is 5.06 Å². The van der Waals surface area contributed by atoms with E-state index in [0.29, 0.717) is 13.1 Å². The maximum absolute atomic E-state index is 12.2. The Hall–Kier alpha value is -2.28. The molecule has 0 aromatic heterocycles. The summed E-state index contributed by atoms with van der Waals surface area (Å²) >= 11 is 0. The first-order valence-electron chi connectivity index (χ1n) is 6.84. The van der Waals surface area contributed by atoms with Crippen LogP contribution < -0.4 is 0 Å². The number of carbonyl (C=O) groups excluding carboxylic acids is 2. The van der Waals surface area contributed by atoms with Gasteiger partial charge >= 0.3 is 6.03 Å². The summed E-state index contributed by atoms with van der Waals surface area (Å²) in [4.78, 5) is 34.7. The molecule has 2 bridgehead atoms. The van der Waals surface area contributed by atoms with Gasteiger partial charge in [0.25, 0.3) is 0 Å². The third-order valence-electron chi connectivity index (χ3n) is 3.83. The van der Waals surface area contributed by atoms with Crippen LogP contribution in [0.2, 0.25) is 0 Å². The number of rotatable bonds is 4. The van der Waals surface area contributed by atoms with E-state index >= 15 is 0 Å². The number of hydrogen-bond donors (Lipinski definition) is 0. The van der Waals surface area contributed by atoms with Crippen LogP contribution >= 0.6 is 0 Å². The summed E-state index contributed by atoms with van der Waals surface area (Å²) in [5.41, 5.74) is 0.930. The van der Waals surface area contributed by atoms with Gasteiger partial charge in [-0.05, 0) is 6.08 Å². The summed E-state index contributed by atoms with van der Waals surface area (Å²) in [7, 11) is 1.73. The molecule has 1 fully saturated rings. The molecule has 3 heterocycles. The molecular weight excluding hydrogens is 272 g/mol. The normalized spacial score (nSPS) is 24.8. The number of urea groups is 1. The first-order chi connectivity index (χ1) is 10.1. The van der Waals surface area contributed by atoms with Gasteiger partial charge in [0, 0.05) is 31.7 Å². The van der Waals surface area contributed by atoms with Gasteiger partial charge in [-0.1, -0.05) is 6.08 Å². The number of hydrogen-bond acceptors (Lipinski definition) is 4. The summed E-state index contributed by atoms with van der Waals surface area (Å²) in [6, 6.07) is -0.329. The average Bonchev–Trinajstić information content (AvgIpc) is 2.72. The van der Waals surface area contributed by atoms with Gasteiger partial charge in [-0.2, -0.15) is 5.06 Å². The Morgan fingerprint density at radius 1 is 1.43 bits per heavy atom. The molecule has 3 aliphatic heterocycles. The van der Waals surface area contributed by atoms with Crippen molar-refractivity contribution in [2.75, 3.05) is 33.3 Å². The Morgan fingerprint density at radius 2 is 2.24 bits per heavy atom. The molecule has 7 nitrogen and oxygen atoms in total. The molecule has 21 heavy (non-hydrogen) atoms. The third kappa shape index (κ3) is 2.29. The predicted octanol–water partition coefficient (Wildman–Crippen LogP) is 0.353. The molecule has 0 radical (unpaired) electrons. The number of likely N-dealkylation sites (N-methyl/N-ethyl adjacent to an activating group) is 1. The number of fused-ring (bicyclic) bond motifs is 2. The molecule has 0 spiro atoms. The fraction of sp³-hybridized carbons (Fsp3) is 0.429. The Morgan fingerprint density at radius 3 is 2.95 bits per heavy atom. The van der Waals surface area contributed by atoms with E-state index in [9.17, 15) is 9.59 Å². The number of hydroxylamine groups is 2. The maximum atomic E-state index is 12.2. The SMILES string of the molecule is C=CCON1C(=O)N2CC=C(N3C=CN(C)C(=O)C3)C1C2. The van der Waals surface area contributed by atoms with Crippen LogP contribution in [0.3, 0.4) is 0 Å². The molecular formula is C14H18N4O3. The van der Waals surface area contributed by atoms with Crippen molar-refractivity contribution in [3.05, 3.63) is 36.8 Å². The fourth-order valence-electron chi connectivity index (χ4n) is 2.68. The molecule has 0 saturated carbocycles. The topological polar surface area (TPSA) is 56.3 Å². The summed E-state index contributed by atoms with van der Waals surface area (Å²) < 4.78 is 0. The molecule has 1 atom stereocenters. The van der Waals surface area contributed by atoms with Crippen molar-refractivity contribution in [3.63, 3.8) is 0 Å². The second-order valence-corrected chi connectivity index (χ2v) is 5.17. The first-order valence-corrected chi connectivity index (χ1v) is 6.84. The second kappa shape index (κ2) is 5.25. The fourth-order valence-corrected chi connectivity index (χ4v) is 2.68. The van der Waals surface area contributed by atoms with Gasteiger partial charge in [-0.15, -0.1) is 6.58 Å². The summed E-state index contributed by atoms with van der Waals surface area (Å²) in [6.07, 6.45) is 7.17. The van der Waals surface area contributed by atoms with Crippen LogP contribution in [0.1, 0.15) is 0 Å². The zero-order chi connectivity index (χ0) is 15.0. The third-order valence-corrected chi connectivity index (χ3v) is 3.83. The van der Waals surface area contributed by atoms with E-state index in [0.717, 1.165) is 5.70 Å². The highest BCUT2D eigenvalue weighted by molar-refractivity contribution is 5.81. The Balaban J connectivity index is 1.82. The molecule has 112 valence electrons.